The molecule has 38 heavy (non-hydrogen) atoms. The van der Waals surface area contributed by atoms with Crippen LogP contribution < -0.4 is 10.4 Å². The van der Waals surface area contributed by atoms with Crippen LogP contribution in [0.2, 0.25) is 0 Å². The third kappa shape index (κ3) is 5.35. The zero-order valence-electron chi connectivity index (χ0n) is 22.6. The third-order valence-corrected chi connectivity index (χ3v) is 6.58. The second-order valence-electron chi connectivity index (χ2n) is 9.74. The molecule has 3 heterocycles. The predicted molar refractivity (Wildman–Crippen MR) is 142 cm³/mol. The minimum absolute atomic E-state index is 0.00590. The van der Waals surface area contributed by atoms with Crippen molar-refractivity contribution < 1.29 is 33.4 Å². The fraction of sp³-hybridized carbons (Fsp3) is 0.400. The summed E-state index contributed by atoms with van der Waals surface area (Å²) in [5, 5.41) is 9.81. The molecule has 1 aromatic heterocycles. The molecule has 1 aromatic rings. The number of Topliss-reactive ketones (excluding diaryl/α,β-unsaturated/α-hetero) is 2. The van der Waals surface area contributed by atoms with E-state index in [0.29, 0.717) is 5.56 Å². The van der Waals surface area contributed by atoms with Crippen LogP contribution in [-0.4, -0.2) is 33.8 Å². The summed E-state index contributed by atoms with van der Waals surface area (Å²) in [6.45, 7) is 10.4. The molecule has 0 saturated heterocycles. The fourth-order valence-corrected chi connectivity index (χ4v) is 4.61. The summed E-state index contributed by atoms with van der Waals surface area (Å²) in [5.41, 5.74) is -3.84. The molecule has 0 saturated carbocycles. The number of aryl methyl sites for hydroxylation is 1. The Morgan fingerprint density at radius 3 is 2.00 bits per heavy atom. The number of ketones is 2. The van der Waals surface area contributed by atoms with E-state index >= 15 is 0 Å². The highest BCUT2D eigenvalue weighted by Crippen LogP contribution is 2.44. The second-order valence-corrected chi connectivity index (χ2v) is 9.74. The van der Waals surface area contributed by atoms with Crippen LogP contribution in [0.4, 0.5) is 0 Å². The summed E-state index contributed by atoms with van der Waals surface area (Å²) in [6.07, 6.45) is 15.5. The highest BCUT2D eigenvalue weighted by molar-refractivity contribution is 6.22. The molecule has 0 spiro atoms. The quantitative estimate of drug-likeness (QED) is 0.315. The average molecular weight is 523 g/mol. The number of carboxylic acid groups (broad SMARTS) is 1. The number of hydrogen-bond acceptors (Lipinski definition) is 7. The molecule has 2 aliphatic rings. The largest absolute Gasteiger partial charge is 0.479 e. The first-order chi connectivity index (χ1) is 17.9. The maximum atomic E-state index is 13.2. The van der Waals surface area contributed by atoms with Crippen molar-refractivity contribution in [3.63, 3.8) is 0 Å². The van der Waals surface area contributed by atoms with Gasteiger partial charge >= 0.3 is 11.6 Å². The molecule has 2 aliphatic heterocycles. The summed E-state index contributed by atoms with van der Waals surface area (Å²) in [7, 11) is 0. The Morgan fingerprint density at radius 2 is 1.47 bits per heavy atom. The molecule has 3 rings (SSSR count). The Hall–Kier alpha value is -3.94. The molecule has 202 valence electrons. The maximum Gasteiger partial charge on any atom is 0.350 e. The van der Waals surface area contributed by atoms with Gasteiger partial charge in [0.05, 0.1) is 0 Å². The number of fused-ring (bicyclic) bond motifs is 1. The molecule has 0 aliphatic carbocycles. The highest BCUT2D eigenvalue weighted by atomic mass is 16.5. The number of rotatable bonds is 10. The summed E-state index contributed by atoms with van der Waals surface area (Å²) in [4.78, 5) is 51.0. The predicted octanol–water partition coefficient (Wildman–Crippen LogP) is 5.52. The van der Waals surface area contributed by atoms with Crippen LogP contribution >= 0.6 is 0 Å². The van der Waals surface area contributed by atoms with Gasteiger partial charge in [0.1, 0.15) is 22.8 Å². The Morgan fingerprint density at radius 1 is 0.921 bits per heavy atom. The molecule has 0 radical (unpaired) electrons. The van der Waals surface area contributed by atoms with E-state index in [9.17, 15) is 24.3 Å². The molecule has 3 atom stereocenters. The summed E-state index contributed by atoms with van der Waals surface area (Å²) >= 11 is 0. The minimum Gasteiger partial charge on any atom is -0.479 e. The van der Waals surface area contributed by atoms with Gasteiger partial charge < -0.3 is 19.0 Å². The van der Waals surface area contributed by atoms with Crippen molar-refractivity contribution in [2.24, 2.45) is 0 Å². The number of allylic oxidation sites excluding steroid dienone is 7. The number of aliphatic carboxylic acids is 1. The van der Waals surface area contributed by atoms with Gasteiger partial charge in [0.15, 0.2) is 16.8 Å². The van der Waals surface area contributed by atoms with Crippen molar-refractivity contribution in [2.45, 2.75) is 77.9 Å². The Kier molecular flexibility index (Phi) is 8.44. The van der Waals surface area contributed by atoms with Crippen LogP contribution in [0.15, 0.2) is 69.2 Å². The first-order valence-electron chi connectivity index (χ1n) is 12.7. The molecule has 0 fully saturated rings. The zero-order chi connectivity index (χ0) is 28.3. The lowest BCUT2D eigenvalue weighted by atomic mass is 9.91. The van der Waals surface area contributed by atoms with Gasteiger partial charge in [0.2, 0.25) is 11.6 Å². The van der Waals surface area contributed by atoms with E-state index in [-0.39, 0.29) is 29.3 Å². The first-order valence-corrected chi connectivity index (χ1v) is 12.7. The minimum atomic E-state index is -1.47. The molecule has 0 amide bonds. The Balaban J connectivity index is 2.00. The number of hydrogen-bond donors (Lipinski definition) is 1. The summed E-state index contributed by atoms with van der Waals surface area (Å²) < 4.78 is 17.4. The smallest absolute Gasteiger partial charge is 0.350 e. The van der Waals surface area contributed by atoms with Gasteiger partial charge in [-0.2, -0.15) is 0 Å². The number of carbonyl (C=O) groups is 3. The van der Waals surface area contributed by atoms with Gasteiger partial charge in [-0.15, -0.1) is 0 Å². The van der Waals surface area contributed by atoms with Crippen LogP contribution in [0, 0.1) is 6.92 Å². The fourth-order valence-electron chi connectivity index (χ4n) is 4.61. The molecule has 8 heteroatoms. The topological polar surface area (TPSA) is 120 Å². The van der Waals surface area contributed by atoms with E-state index in [0.717, 1.165) is 12.8 Å². The van der Waals surface area contributed by atoms with Gasteiger partial charge in [0, 0.05) is 12.0 Å². The molecular formula is C30H34O8. The maximum absolute atomic E-state index is 13.2. The third-order valence-electron chi connectivity index (χ3n) is 6.58. The van der Waals surface area contributed by atoms with Gasteiger partial charge in [-0.05, 0) is 51.7 Å². The lowest BCUT2D eigenvalue weighted by molar-refractivity contribution is -0.135. The van der Waals surface area contributed by atoms with E-state index in [1.807, 2.05) is 26.0 Å². The van der Waals surface area contributed by atoms with E-state index < -0.39 is 45.9 Å². The molecule has 0 bridgehead atoms. The lowest BCUT2D eigenvalue weighted by Crippen LogP contribution is -2.35. The van der Waals surface area contributed by atoms with Crippen LogP contribution in [0.25, 0.3) is 0 Å². The van der Waals surface area contributed by atoms with Crippen LogP contribution in [0.5, 0.6) is 5.75 Å². The van der Waals surface area contributed by atoms with Crippen molar-refractivity contribution in [1.82, 2.24) is 0 Å². The molecular weight excluding hydrogens is 488 g/mol. The molecule has 0 aromatic carbocycles. The first kappa shape index (κ1) is 28.6. The van der Waals surface area contributed by atoms with E-state index in [2.05, 4.69) is 0 Å². The Labute approximate surface area is 222 Å². The molecule has 1 N–H and O–H groups in total. The summed E-state index contributed by atoms with van der Waals surface area (Å²) in [6, 6.07) is 0. The highest BCUT2D eigenvalue weighted by Gasteiger charge is 2.49. The van der Waals surface area contributed by atoms with Crippen LogP contribution in [-0.2, 0) is 14.3 Å². The summed E-state index contributed by atoms with van der Waals surface area (Å²) in [5.74, 6) is -2.72. The average Bonchev–Trinajstić information content (AvgIpc) is 3.24. The van der Waals surface area contributed by atoms with E-state index in [4.69, 9.17) is 13.9 Å². The standard InChI is InChI=1S/C30H34O8/c1-7-9-11-13-15-29(5)25(31)22(27(33)34)20(37-29)17-18(3)21-19(4)36-28(35)23-24(21)38-30(6,26(23)32)16-14-12-10-8-2/h9-16,18H,7-8,17H2,1-6H3,(H,33,34)/b11-9+,12-10+,15-13+,16-14+/t18-,29-,30-/m1/s1. The van der Waals surface area contributed by atoms with Gasteiger partial charge in [0.25, 0.3) is 0 Å². The van der Waals surface area contributed by atoms with Gasteiger partial charge in [-0.25, -0.2) is 9.59 Å². The van der Waals surface area contributed by atoms with Crippen molar-refractivity contribution in [2.75, 3.05) is 0 Å². The zero-order valence-corrected chi connectivity index (χ0v) is 22.6. The van der Waals surface area contributed by atoms with Crippen LogP contribution in [0.3, 0.4) is 0 Å². The SMILES string of the molecule is CC/C=C/C=C/[C@@]1(C)OC(C[C@@H](C)c2c(C)oc(=O)c3c2O[C@](C)(/C=C/C=C/CC)C3=O)=C(C(=O)O)C1=O. The number of ether oxygens (including phenoxy) is 2. The van der Waals surface area contributed by atoms with E-state index in [1.165, 1.54) is 13.0 Å². The monoisotopic (exact) mass is 522 g/mol. The normalized spacial score (nSPS) is 24.3. The molecule has 8 nitrogen and oxygen atoms in total. The van der Waals surface area contributed by atoms with Crippen molar-refractivity contribution in [1.29, 1.82) is 0 Å². The van der Waals surface area contributed by atoms with Crippen molar-refractivity contribution in [3.05, 3.63) is 87.2 Å². The van der Waals surface area contributed by atoms with Crippen molar-refractivity contribution >= 4 is 17.5 Å². The van der Waals surface area contributed by atoms with Gasteiger partial charge in [-0.3, -0.25) is 9.59 Å². The second kappa shape index (κ2) is 11.2. The van der Waals surface area contributed by atoms with Crippen LogP contribution in [0.1, 0.15) is 81.5 Å². The van der Waals surface area contributed by atoms with Gasteiger partial charge in [-0.1, -0.05) is 57.2 Å². The molecule has 0 unspecified atom stereocenters. The van der Waals surface area contributed by atoms with Crippen molar-refractivity contribution in [3.8, 4) is 5.75 Å². The number of carbonyl (C=O) groups excluding carboxylic acids is 2. The lowest BCUT2D eigenvalue weighted by Gasteiger charge is -2.23. The van der Waals surface area contributed by atoms with E-state index in [1.54, 1.807) is 51.2 Å². The Bertz CT molecular complexity index is 1350. The number of carboxylic acids is 1.